The summed E-state index contributed by atoms with van der Waals surface area (Å²) in [7, 11) is -4.48. The van der Waals surface area contributed by atoms with Crippen LogP contribution in [0.4, 0.5) is 0 Å². The summed E-state index contributed by atoms with van der Waals surface area (Å²) < 4.78 is 36.7. The van der Waals surface area contributed by atoms with E-state index in [1.54, 1.807) is 12.1 Å². The van der Waals surface area contributed by atoms with Gasteiger partial charge in [0, 0.05) is 13.2 Å². The Morgan fingerprint density at radius 1 is 0.487 bits per heavy atom. The number of aromatic hydroxyl groups is 1. The van der Waals surface area contributed by atoms with Crippen LogP contribution in [0.25, 0.3) is 0 Å². The fourth-order valence-corrected chi connectivity index (χ4v) is 14.7. The molecule has 0 aliphatic carbocycles. The molecule has 2 atom stereocenters. The van der Waals surface area contributed by atoms with E-state index < -0.39 is 28.3 Å². The van der Waals surface area contributed by atoms with Gasteiger partial charge >= 0.3 is 0 Å². The quantitative estimate of drug-likeness (QED) is 0.0371. The van der Waals surface area contributed by atoms with E-state index in [0.29, 0.717) is 12.4 Å². The lowest BCUT2D eigenvalue weighted by Gasteiger charge is -2.31. The Morgan fingerprint density at radius 3 is 1.19 bits per heavy atom. The summed E-state index contributed by atoms with van der Waals surface area (Å²) in [4.78, 5) is 0. The minimum absolute atomic E-state index is 0.155. The molecule has 10 heteroatoms. The summed E-state index contributed by atoms with van der Waals surface area (Å²) >= 11 is 0. The van der Waals surface area contributed by atoms with Crippen molar-refractivity contribution < 1.29 is 38.0 Å². The molecule has 0 bridgehead atoms. The minimum Gasteiger partial charge on any atom is -0.508 e. The van der Waals surface area contributed by atoms with Gasteiger partial charge in [-0.1, -0.05) is 181 Å². The molecule has 0 amide bonds. The van der Waals surface area contributed by atoms with Crippen molar-refractivity contribution in [2.75, 3.05) is 26.4 Å². The molecule has 1 aliphatic rings. The van der Waals surface area contributed by atoms with Crippen LogP contribution < -0.4 is 35.0 Å². The Labute approximate surface area is 466 Å². The van der Waals surface area contributed by atoms with Crippen LogP contribution in [0.3, 0.4) is 0 Å². The molecule has 1 fully saturated rings. The first-order valence-electron chi connectivity index (χ1n) is 27.3. The lowest BCUT2D eigenvalue weighted by atomic mass is 10.0. The molecule has 2 unspecified atom stereocenters. The van der Waals surface area contributed by atoms with E-state index in [-0.39, 0.29) is 18.3 Å². The van der Waals surface area contributed by atoms with Gasteiger partial charge in [0.25, 0.3) is 16.6 Å². The zero-order valence-electron chi connectivity index (χ0n) is 46.9. The fourth-order valence-electron chi connectivity index (χ4n) is 8.99. The molecule has 8 aromatic carbocycles. The third-order valence-corrected chi connectivity index (χ3v) is 21.6. The molecule has 8 aromatic rings. The third-order valence-electron chi connectivity index (χ3n) is 14.3. The van der Waals surface area contributed by atoms with Crippen LogP contribution in [0.5, 0.6) is 23.0 Å². The fraction of sp³-hybridized carbons (Fsp3) is 0.294. The van der Waals surface area contributed by atoms with Crippen molar-refractivity contribution in [2.24, 2.45) is 0 Å². The van der Waals surface area contributed by atoms with E-state index in [1.165, 1.54) is 43.0 Å². The number of aliphatic hydroxyl groups excluding tert-OH is 1. The summed E-state index contributed by atoms with van der Waals surface area (Å²) in [5.41, 5.74) is 3.79. The highest BCUT2D eigenvalue weighted by Crippen LogP contribution is 2.30. The number of aryl methyl sites for hydroxylation is 4. The van der Waals surface area contributed by atoms with Crippen LogP contribution in [0.2, 0.25) is 13.1 Å². The number of phenolic OH excluding ortho intramolecular Hbond substituents is 1. The number of ether oxygens (including phenoxy) is 4. The zero-order valence-corrected chi connectivity index (χ0v) is 48.9. The highest BCUT2D eigenvalue weighted by Gasteiger charge is 2.42. The van der Waals surface area contributed by atoms with Gasteiger partial charge in [0.05, 0.1) is 6.61 Å². The topological polar surface area (TPSA) is 99.1 Å². The average molecular weight is 1080 g/mol. The Morgan fingerprint density at radius 2 is 0.833 bits per heavy atom. The maximum Gasteiger partial charge on any atom is 0.252 e. The van der Waals surface area contributed by atoms with Crippen LogP contribution in [0.15, 0.2) is 218 Å². The number of hydrogen-bond acceptors (Lipinski definition) is 8. The van der Waals surface area contributed by atoms with E-state index in [0.717, 1.165) is 56.1 Å². The average Bonchev–Trinajstić information content (AvgIpc) is 4.34. The van der Waals surface area contributed by atoms with Gasteiger partial charge in [0.2, 0.25) is 0 Å². The molecule has 1 saturated heterocycles. The molecule has 0 aromatic heterocycles. The Hall–Kier alpha value is -6.77. The second-order valence-electron chi connectivity index (χ2n) is 21.4. The van der Waals surface area contributed by atoms with E-state index in [9.17, 15) is 5.11 Å². The van der Waals surface area contributed by atoms with Crippen LogP contribution >= 0.6 is 0 Å². The molecule has 0 saturated carbocycles. The van der Waals surface area contributed by atoms with E-state index in [2.05, 4.69) is 185 Å². The second-order valence-corrected chi connectivity index (χ2v) is 28.5. The smallest absolute Gasteiger partial charge is 0.252 e. The van der Waals surface area contributed by atoms with Gasteiger partial charge < -0.3 is 38.0 Å². The van der Waals surface area contributed by atoms with Crippen molar-refractivity contribution >= 4 is 37.4 Å². The van der Waals surface area contributed by atoms with Crippen molar-refractivity contribution in [3.05, 3.63) is 241 Å². The molecule has 408 valence electrons. The van der Waals surface area contributed by atoms with Gasteiger partial charge in [-0.05, 0) is 161 Å². The molecule has 0 radical (unpaired) electrons. The van der Waals surface area contributed by atoms with Gasteiger partial charge in [-0.15, -0.1) is 0 Å². The molecular weight excluding hydrogens is 1000 g/mol. The standard InChI is InChI=1S/C34H40O4Si.C27H32O3Si.C7H8O/c1-27-17-21-29(22-18-27)36-26-33(35)34(2,3)38-30-23-19-28(20-24-30)12-11-25-37-39(4,31-13-7-5-8-14-31)32-15-9-6-10-16-32;1-27(2,26-21-28-26)30-23-18-16-22(17-19-23)11-10-20-29-31(3,24-12-6-4-7-13-24)25-14-8-5-9-15-25;1-6-2-4-7(8)5-3-6/h5-10,13-24,33,35H,11-12,25-26H2,1-4H3;4-9,12-19,26H,10-11,20-21H2,1-3H3;2-5,8H,1H3. The van der Waals surface area contributed by atoms with Gasteiger partial charge in [-0.3, -0.25) is 0 Å². The highest BCUT2D eigenvalue weighted by atomic mass is 28.4. The predicted molar refractivity (Wildman–Crippen MR) is 324 cm³/mol. The largest absolute Gasteiger partial charge is 0.508 e. The maximum absolute atomic E-state index is 10.7. The number of benzene rings is 8. The molecule has 1 aliphatic heterocycles. The first kappa shape index (κ1) is 58.9. The SMILES string of the molecule is CC(C)(Oc1ccc(CCCO[Si](C)(c2ccccc2)c2ccccc2)cc1)C1CO1.Cc1ccc(O)cc1.Cc1ccc(OCC(O)C(C)(C)Oc2ccc(CCCO[Si](C)(c3ccccc3)c3ccccc3)cc2)cc1. The highest BCUT2D eigenvalue weighted by molar-refractivity contribution is 6.97. The van der Waals surface area contributed by atoms with Crippen LogP contribution in [-0.2, 0) is 26.4 Å². The number of aliphatic hydroxyl groups is 1. The van der Waals surface area contributed by atoms with Crippen molar-refractivity contribution in [1.29, 1.82) is 0 Å². The Balaban J connectivity index is 0.000000201. The van der Waals surface area contributed by atoms with Crippen LogP contribution in [-0.4, -0.2) is 76.7 Å². The van der Waals surface area contributed by atoms with Gasteiger partial charge in [-0.25, -0.2) is 0 Å². The number of phenols is 1. The monoisotopic (exact) mass is 1080 g/mol. The number of hydrogen-bond donors (Lipinski definition) is 2. The maximum atomic E-state index is 10.7. The van der Waals surface area contributed by atoms with Crippen LogP contribution in [0.1, 0.15) is 62.8 Å². The molecular formula is C68H80O8Si2. The van der Waals surface area contributed by atoms with Crippen molar-refractivity contribution in [3.8, 4) is 23.0 Å². The van der Waals surface area contributed by atoms with Crippen molar-refractivity contribution in [1.82, 2.24) is 0 Å². The van der Waals surface area contributed by atoms with Gasteiger partial charge in [0.1, 0.15) is 53.0 Å². The van der Waals surface area contributed by atoms with E-state index in [1.807, 2.05) is 76.2 Å². The lowest BCUT2D eigenvalue weighted by molar-refractivity contribution is -0.0492. The van der Waals surface area contributed by atoms with Crippen LogP contribution in [0, 0.1) is 13.8 Å². The number of epoxide rings is 1. The zero-order chi connectivity index (χ0) is 55.4. The minimum atomic E-state index is -2.27. The molecule has 1 heterocycles. The molecule has 2 N–H and O–H groups in total. The van der Waals surface area contributed by atoms with Crippen molar-refractivity contribution in [2.45, 2.75) is 104 Å². The normalized spacial score (nSPS) is 13.7. The summed E-state index contributed by atoms with van der Waals surface area (Å²) in [6.07, 6.45) is 3.25. The molecule has 78 heavy (non-hydrogen) atoms. The van der Waals surface area contributed by atoms with Gasteiger partial charge in [0.15, 0.2) is 0 Å². The summed E-state index contributed by atoms with van der Waals surface area (Å²) in [6.45, 7) is 18.9. The third kappa shape index (κ3) is 17.6. The molecule has 9 rings (SSSR count). The summed E-state index contributed by atoms with van der Waals surface area (Å²) in [6, 6.07) is 74.0. The summed E-state index contributed by atoms with van der Waals surface area (Å²) in [5.74, 6) is 2.69. The molecule has 8 nitrogen and oxygen atoms in total. The predicted octanol–water partition coefficient (Wildman–Crippen LogP) is 12.2. The van der Waals surface area contributed by atoms with Gasteiger partial charge in [-0.2, -0.15) is 0 Å². The second kappa shape index (κ2) is 28.2. The summed E-state index contributed by atoms with van der Waals surface area (Å²) in [5, 5.41) is 24.7. The first-order chi connectivity index (χ1) is 37.5. The van der Waals surface area contributed by atoms with E-state index >= 15 is 0 Å². The van der Waals surface area contributed by atoms with E-state index in [4.69, 9.17) is 32.9 Å². The molecule has 0 spiro atoms. The first-order valence-corrected chi connectivity index (χ1v) is 32.1. The Bertz CT molecular complexity index is 2850. The van der Waals surface area contributed by atoms with Crippen molar-refractivity contribution in [3.63, 3.8) is 0 Å². The Kier molecular flexibility index (Phi) is 21.3. The number of rotatable bonds is 23. The lowest BCUT2D eigenvalue weighted by Crippen LogP contribution is -2.58.